The first-order valence-corrected chi connectivity index (χ1v) is 7.75. The number of pyridine rings is 1. The largest absolute Gasteiger partial charge is 0.493 e. The van der Waals surface area contributed by atoms with Gasteiger partial charge in [-0.25, -0.2) is 4.79 Å². The number of para-hydroxylation sites is 1. The number of rotatable bonds is 8. The number of aryl methyl sites for hydroxylation is 1. The van der Waals surface area contributed by atoms with Crippen molar-refractivity contribution in [1.82, 2.24) is 4.98 Å². The SMILES string of the molecule is CCOc1ccccc1C=CC(=O)OCCCc1cccnc1. The van der Waals surface area contributed by atoms with Gasteiger partial charge in [-0.3, -0.25) is 4.98 Å². The Hall–Kier alpha value is -2.62. The molecule has 1 aromatic heterocycles. The Kier molecular flexibility index (Phi) is 6.85. The number of nitrogens with zero attached hydrogens (tertiary/aromatic N) is 1. The van der Waals surface area contributed by atoms with Crippen LogP contribution in [0.15, 0.2) is 54.9 Å². The molecule has 0 bridgehead atoms. The molecule has 0 aliphatic carbocycles. The normalized spacial score (nSPS) is 10.7. The summed E-state index contributed by atoms with van der Waals surface area (Å²) in [4.78, 5) is 15.8. The number of carbonyl (C=O) groups excluding carboxylic acids is 1. The lowest BCUT2D eigenvalue weighted by Crippen LogP contribution is -2.03. The highest BCUT2D eigenvalue weighted by Crippen LogP contribution is 2.19. The zero-order valence-corrected chi connectivity index (χ0v) is 13.3. The molecule has 0 saturated carbocycles. The molecule has 2 rings (SSSR count). The van der Waals surface area contributed by atoms with Gasteiger partial charge in [-0.15, -0.1) is 0 Å². The maximum absolute atomic E-state index is 11.7. The van der Waals surface area contributed by atoms with Gasteiger partial charge in [-0.1, -0.05) is 24.3 Å². The zero-order chi connectivity index (χ0) is 16.3. The van der Waals surface area contributed by atoms with Gasteiger partial charge < -0.3 is 9.47 Å². The summed E-state index contributed by atoms with van der Waals surface area (Å²) in [5.41, 5.74) is 2.01. The monoisotopic (exact) mass is 311 g/mol. The highest BCUT2D eigenvalue weighted by atomic mass is 16.5. The van der Waals surface area contributed by atoms with Crippen molar-refractivity contribution >= 4 is 12.0 Å². The summed E-state index contributed by atoms with van der Waals surface area (Å²) in [6.45, 7) is 2.91. The van der Waals surface area contributed by atoms with Crippen LogP contribution in [0.25, 0.3) is 6.08 Å². The van der Waals surface area contributed by atoms with Crippen molar-refractivity contribution in [3.05, 3.63) is 66.0 Å². The van der Waals surface area contributed by atoms with Crippen LogP contribution in [-0.2, 0) is 16.0 Å². The standard InChI is InChI=1S/C19H21NO3/c1-2-22-18-10-4-3-9-17(18)11-12-19(21)23-14-6-8-16-7-5-13-20-15-16/h3-5,7,9-13,15H,2,6,8,14H2,1H3. The summed E-state index contributed by atoms with van der Waals surface area (Å²) >= 11 is 0. The molecule has 2 aromatic rings. The quantitative estimate of drug-likeness (QED) is 0.424. The van der Waals surface area contributed by atoms with Crippen LogP contribution in [0.5, 0.6) is 5.75 Å². The minimum atomic E-state index is -0.345. The van der Waals surface area contributed by atoms with Crippen molar-refractivity contribution in [3.63, 3.8) is 0 Å². The van der Waals surface area contributed by atoms with Crippen LogP contribution in [0.2, 0.25) is 0 Å². The van der Waals surface area contributed by atoms with E-state index in [4.69, 9.17) is 9.47 Å². The number of hydrogen-bond donors (Lipinski definition) is 0. The summed E-state index contributed by atoms with van der Waals surface area (Å²) in [6, 6.07) is 11.5. The third kappa shape index (κ3) is 5.94. The fraction of sp³-hybridized carbons (Fsp3) is 0.263. The van der Waals surface area contributed by atoms with Gasteiger partial charge in [0.05, 0.1) is 13.2 Å². The molecule has 0 fully saturated rings. The maximum atomic E-state index is 11.7. The second-order valence-electron chi connectivity index (χ2n) is 4.94. The Bertz CT molecular complexity index is 638. The van der Waals surface area contributed by atoms with Gasteiger partial charge in [0.25, 0.3) is 0 Å². The van der Waals surface area contributed by atoms with Gasteiger partial charge in [0.15, 0.2) is 0 Å². The molecular formula is C19H21NO3. The Morgan fingerprint density at radius 1 is 1.22 bits per heavy atom. The van der Waals surface area contributed by atoms with E-state index >= 15 is 0 Å². The van der Waals surface area contributed by atoms with Crippen LogP contribution in [0.4, 0.5) is 0 Å². The van der Waals surface area contributed by atoms with Crippen molar-refractivity contribution < 1.29 is 14.3 Å². The molecule has 0 amide bonds. The number of esters is 1. The van der Waals surface area contributed by atoms with E-state index in [1.165, 1.54) is 6.08 Å². The number of ether oxygens (including phenoxy) is 2. The smallest absolute Gasteiger partial charge is 0.330 e. The fourth-order valence-electron chi connectivity index (χ4n) is 2.11. The Balaban J connectivity index is 1.76. The first-order valence-electron chi connectivity index (χ1n) is 7.75. The van der Waals surface area contributed by atoms with Gasteiger partial charge in [0.1, 0.15) is 5.75 Å². The zero-order valence-electron chi connectivity index (χ0n) is 13.3. The van der Waals surface area contributed by atoms with Crippen molar-refractivity contribution in [2.45, 2.75) is 19.8 Å². The van der Waals surface area contributed by atoms with E-state index in [0.29, 0.717) is 13.2 Å². The van der Waals surface area contributed by atoms with Crippen molar-refractivity contribution in [1.29, 1.82) is 0 Å². The lowest BCUT2D eigenvalue weighted by atomic mass is 10.2. The molecule has 0 aliphatic heterocycles. The van der Waals surface area contributed by atoms with Crippen LogP contribution >= 0.6 is 0 Å². The number of hydrogen-bond acceptors (Lipinski definition) is 4. The summed E-state index contributed by atoms with van der Waals surface area (Å²) in [7, 11) is 0. The average Bonchev–Trinajstić information content (AvgIpc) is 2.59. The van der Waals surface area contributed by atoms with Crippen molar-refractivity contribution in [2.24, 2.45) is 0 Å². The van der Waals surface area contributed by atoms with Crippen LogP contribution in [0.1, 0.15) is 24.5 Å². The molecule has 0 atom stereocenters. The number of benzene rings is 1. The molecule has 0 N–H and O–H groups in total. The molecule has 23 heavy (non-hydrogen) atoms. The molecule has 0 spiro atoms. The predicted molar refractivity (Wildman–Crippen MR) is 90.2 cm³/mol. The molecule has 0 saturated heterocycles. The third-order valence-electron chi connectivity index (χ3n) is 3.19. The molecule has 120 valence electrons. The van der Waals surface area contributed by atoms with Gasteiger partial charge in [0.2, 0.25) is 0 Å². The molecule has 4 nitrogen and oxygen atoms in total. The average molecular weight is 311 g/mol. The summed E-state index contributed by atoms with van der Waals surface area (Å²) in [6.07, 6.45) is 8.34. The first kappa shape index (κ1) is 16.7. The van der Waals surface area contributed by atoms with Crippen molar-refractivity contribution in [2.75, 3.05) is 13.2 Å². The fourth-order valence-corrected chi connectivity index (χ4v) is 2.11. The van der Waals surface area contributed by atoms with E-state index in [-0.39, 0.29) is 5.97 Å². The van der Waals surface area contributed by atoms with E-state index in [1.807, 2.05) is 49.5 Å². The van der Waals surface area contributed by atoms with Crippen LogP contribution in [-0.4, -0.2) is 24.2 Å². The van der Waals surface area contributed by atoms with Gasteiger partial charge >= 0.3 is 5.97 Å². The van der Waals surface area contributed by atoms with Gasteiger partial charge in [-0.05, 0) is 43.5 Å². The third-order valence-corrected chi connectivity index (χ3v) is 3.19. The second-order valence-corrected chi connectivity index (χ2v) is 4.94. The first-order chi connectivity index (χ1) is 11.3. The van der Waals surface area contributed by atoms with Crippen LogP contribution in [0.3, 0.4) is 0 Å². The van der Waals surface area contributed by atoms with Gasteiger partial charge in [0, 0.05) is 24.0 Å². The Morgan fingerprint density at radius 2 is 2.09 bits per heavy atom. The molecule has 1 aromatic carbocycles. The molecule has 0 unspecified atom stereocenters. The van der Waals surface area contributed by atoms with E-state index < -0.39 is 0 Å². The predicted octanol–water partition coefficient (Wildman–Crippen LogP) is 3.67. The number of carbonyl (C=O) groups is 1. The topological polar surface area (TPSA) is 48.4 Å². The molecule has 0 radical (unpaired) electrons. The van der Waals surface area contributed by atoms with E-state index in [2.05, 4.69) is 4.98 Å². The highest BCUT2D eigenvalue weighted by molar-refractivity contribution is 5.87. The summed E-state index contributed by atoms with van der Waals surface area (Å²) < 4.78 is 10.7. The molecular weight excluding hydrogens is 290 g/mol. The lowest BCUT2D eigenvalue weighted by molar-refractivity contribution is -0.137. The minimum absolute atomic E-state index is 0.345. The summed E-state index contributed by atoms with van der Waals surface area (Å²) in [5.74, 6) is 0.415. The van der Waals surface area contributed by atoms with E-state index in [9.17, 15) is 4.79 Å². The molecule has 4 heteroatoms. The second kappa shape index (κ2) is 9.41. The van der Waals surface area contributed by atoms with Crippen molar-refractivity contribution in [3.8, 4) is 5.75 Å². The van der Waals surface area contributed by atoms with Crippen LogP contribution < -0.4 is 4.74 Å². The molecule has 0 aliphatic rings. The summed E-state index contributed by atoms with van der Waals surface area (Å²) in [5, 5.41) is 0. The lowest BCUT2D eigenvalue weighted by Gasteiger charge is -2.06. The Morgan fingerprint density at radius 3 is 2.87 bits per heavy atom. The molecule has 1 heterocycles. The van der Waals surface area contributed by atoms with Gasteiger partial charge in [-0.2, -0.15) is 0 Å². The highest BCUT2D eigenvalue weighted by Gasteiger charge is 2.01. The maximum Gasteiger partial charge on any atom is 0.330 e. The Labute approximate surface area is 136 Å². The van der Waals surface area contributed by atoms with E-state index in [1.54, 1.807) is 12.3 Å². The van der Waals surface area contributed by atoms with E-state index in [0.717, 1.165) is 29.7 Å². The van der Waals surface area contributed by atoms with Crippen LogP contribution in [0, 0.1) is 0 Å². The minimum Gasteiger partial charge on any atom is -0.493 e. The number of aromatic nitrogens is 1.